The van der Waals surface area contributed by atoms with Crippen LogP contribution in [0.1, 0.15) is 39.3 Å². The van der Waals surface area contributed by atoms with E-state index in [1.165, 1.54) is 0 Å². The second kappa shape index (κ2) is 8.32. The molecule has 0 aliphatic rings. The standard InChI is InChI=1S/C15H22BrClFNO/c1-5-19-14(15(9(3)4)20-6-2)10-7-8-11(16)12(17)13(10)18/h7-9,14-15,19H,5-6H2,1-4H3. The van der Waals surface area contributed by atoms with E-state index >= 15 is 0 Å². The number of ether oxygens (including phenoxy) is 1. The Balaban J connectivity index is 3.22. The molecule has 1 N–H and O–H groups in total. The van der Waals surface area contributed by atoms with Gasteiger partial charge < -0.3 is 10.1 Å². The lowest BCUT2D eigenvalue weighted by Crippen LogP contribution is -2.38. The van der Waals surface area contributed by atoms with Crippen LogP contribution in [0.25, 0.3) is 0 Å². The molecular weight excluding hydrogens is 345 g/mol. The van der Waals surface area contributed by atoms with Crippen molar-refractivity contribution in [2.24, 2.45) is 5.92 Å². The largest absolute Gasteiger partial charge is 0.376 e. The molecule has 1 aromatic rings. The van der Waals surface area contributed by atoms with E-state index in [1.807, 2.05) is 13.8 Å². The first-order valence-electron chi connectivity index (χ1n) is 6.92. The van der Waals surface area contributed by atoms with Gasteiger partial charge in [0.25, 0.3) is 0 Å². The molecule has 0 spiro atoms. The van der Waals surface area contributed by atoms with Crippen molar-refractivity contribution in [2.45, 2.75) is 39.8 Å². The van der Waals surface area contributed by atoms with Crippen molar-refractivity contribution in [3.63, 3.8) is 0 Å². The van der Waals surface area contributed by atoms with Crippen molar-refractivity contribution in [3.05, 3.63) is 33.0 Å². The predicted octanol–water partition coefficient (Wildman–Crippen LogP) is 4.95. The van der Waals surface area contributed by atoms with Crippen molar-refractivity contribution in [2.75, 3.05) is 13.2 Å². The summed E-state index contributed by atoms with van der Waals surface area (Å²) in [4.78, 5) is 0. The van der Waals surface area contributed by atoms with Crippen LogP contribution in [0.5, 0.6) is 0 Å². The van der Waals surface area contributed by atoms with Crippen LogP contribution in [0.2, 0.25) is 5.02 Å². The van der Waals surface area contributed by atoms with Crippen molar-refractivity contribution in [1.29, 1.82) is 0 Å². The second-order valence-electron chi connectivity index (χ2n) is 4.96. The van der Waals surface area contributed by atoms with Gasteiger partial charge in [-0.3, -0.25) is 0 Å². The fourth-order valence-corrected chi connectivity index (χ4v) is 2.75. The van der Waals surface area contributed by atoms with Gasteiger partial charge in [0, 0.05) is 16.6 Å². The Labute approximate surface area is 134 Å². The molecule has 1 aromatic carbocycles. The third-order valence-electron chi connectivity index (χ3n) is 3.17. The van der Waals surface area contributed by atoms with E-state index in [9.17, 15) is 4.39 Å². The number of hydrogen-bond acceptors (Lipinski definition) is 2. The normalized spacial score (nSPS) is 14.6. The molecular formula is C15H22BrClFNO. The second-order valence-corrected chi connectivity index (χ2v) is 6.20. The van der Waals surface area contributed by atoms with Crippen molar-refractivity contribution >= 4 is 27.5 Å². The third kappa shape index (κ3) is 4.17. The number of nitrogens with one attached hydrogen (secondary N) is 1. The Bertz CT molecular complexity index is 442. The Morgan fingerprint density at radius 2 is 2.00 bits per heavy atom. The lowest BCUT2D eigenvalue weighted by atomic mass is 9.93. The SMILES string of the molecule is CCNC(c1ccc(Br)c(Cl)c1F)C(OCC)C(C)C. The Morgan fingerprint density at radius 3 is 2.50 bits per heavy atom. The van der Waals surface area contributed by atoms with Crippen LogP contribution in [0.4, 0.5) is 4.39 Å². The van der Waals surface area contributed by atoms with Crippen LogP contribution < -0.4 is 5.32 Å². The monoisotopic (exact) mass is 365 g/mol. The lowest BCUT2D eigenvalue weighted by Gasteiger charge is -2.31. The average Bonchev–Trinajstić information content (AvgIpc) is 2.40. The highest BCUT2D eigenvalue weighted by Gasteiger charge is 2.29. The van der Waals surface area contributed by atoms with E-state index in [2.05, 4.69) is 35.1 Å². The first kappa shape index (κ1) is 17.9. The van der Waals surface area contributed by atoms with Crippen LogP contribution in [-0.4, -0.2) is 19.3 Å². The lowest BCUT2D eigenvalue weighted by molar-refractivity contribution is 0.00237. The molecule has 0 aliphatic carbocycles. The fourth-order valence-electron chi connectivity index (χ4n) is 2.27. The van der Waals surface area contributed by atoms with E-state index in [0.717, 1.165) is 6.54 Å². The van der Waals surface area contributed by atoms with Crippen LogP contribution in [0, 0.1) is 11.7 Å². The van der Waals surface area contributed by atoms with Gasteiger partial charge in [0.2, 0.25) is 0 Å². The minimum absolute atomic E-state index is 0.105. The maximum Gasteiger partial charge on any atom is 0.147 e. The highest BCUT2D eigenvalue weighted by Crippen LogP contribution is 2.33. The molecule has 114 valence electrons. The minimum Gasteiger partial charge on any atom is -0.376 e. The smallest absolute Gasteiger partial charge is 0.147 e. The molecule has 0 aliphatic heterocycles. The zero-order valence-electron chi connectivity index (χ0n) is 12.3. The Kier molecular flexibility index (Phi) is 7.45. The zero-order valence-corrected chi connectivity index (χ0v) is 14.7. The van der Waals surface area contributed by atoms with Gasteiger partial charge in [-0.05, 0) is 41.4 Å². The summed E-state index contributed by atoms with van der Waals surface area (Å²) in [7, 11) is 0. The molecule has 0 aromatic heterocycles. The van der Waals surface area contributed by atoms with Crippen molar-refractivity contribution in [1.82, 2.24) is 5.32 Å². The van der Waals surface area contributed by atoms with Gasteiger partial charge in [-0.15, -0.1) is 0 Å². The van der Waals surface area contributed by atoms with Gasteiger partial charge in [0.15, 0.2) is 0 Å². The molecule has 0 radical (unpaired) electrons. The summed E-state index contributed by atoms with van der Waals surface area (Å²) in [6.45, 7) is 9.41. The van der Waals surface area contributed by atoms with E-state index < -0.39 is 5.82 Å². The molecule has 0 fully saturated rings. The fraction of sp³-hybridized carbons (Fsp3) is 0.600. The topological polar surface area (TPSA) is 21.3 Å². The molecule has 20 heavy (non-hydrogen) atoms. The first-order valence-corrected chi connectivity index (χ1v) is 8.09. The molecule has 2 atom stereocenters. The quantitative estimate of drug-likeness (QED) is 0.689. The summed E-state index contributed by atoms with van der Waals surface area (Å²) in [5, 5.41) is 3.43. The molecule has 1 rings (SSSR count). The summed E-state index contributed by atoms with van der Waals surface area (Å²) < 4.78 is 20.8. The third-order valence-corrected chi connectivity index (χ3v) is 4.43. The summed E-state index contributed by atoms with van der Waals surface area (Å²) in [5.41, 5.74) is 0.548. The molecule has 0 saturated heterocycles. The van der Waals surface area contributed by atoms with E-state index in [1.54, 1.807) is 12.1 Å². The van der Waals surface area contributed by atoms with E-state index in [0.29, 0.717) is 16.6 Å². The van der Waals surface area contributed by atoms with Gasteiger partial charge in [-0.1, -0.05) is 38.4 Å². The highest BCUT2D eigenvalue weighted by molar-refractivity contribution is 9.10. The first-order chi connectivity index (χ1) is 9.43. The molecule has 0 bridgehead atoms. The zero-order chi connectivity index (χ0) is 15.3. The van der Waals surface area contributed by atoms with Crippen LogP contribution >= 0.6 is 27.5 Å². The number of halogens is 3. The Hall–Kier alpha value is -0.160. The molecule has 2 unspecified atom stereocenters. The summed E-state index contributed by atoms with van der Waals surface area (Å²) in [6.07, 6.45) is -0.105. The number of benzene rings is 1. The summed E-state index contributed by atoms with van der Waals surface area (Å²) in [6, 6.07) is 3.31. The summed E-state index contributed by atoms with van der Waals surface area (Å²) in [5.74, 6) is -0.127. The molecule has 0 heterocycles. The number of hydrogen-bond donors (Lipinski definition) is 1. The summed E-state index contributed by atoms with van der Waals surface area (Å²) >= 11 is 9.24. The van der Waals surface area contributed by atoms with E-state index in [-0.39, 0.29) is 23.1 Å². The van der Waals surface area contributed by atoms with E-state index in [4.69, 9.17) is 16.3 Å². The number of likely N-dealkylation sites (N-methyl/N-ethyl adjacent to an activating group) is 1. The minimum atomic E-state index is -0.391. The maximum atomic E-state index is 14.4. The van der Waals surface area contributed by atoms with Crippen molar-refractivity contribution in [3.8, 4) is 0 Å². The molecule has 2 nitrogen and oxygen atoms in total. The molecule has 0 amide bonds. The number of rotatable bonds is 7. The van der Waals surface area contributed by atoms with Crippen LogP contribution in [0.3, 0.4) is 0 Å². The Morgan fingerprint density at radius 1 is 1.35 bits per heavy atom. The highest BCUT2D eigenvalue weighted by atomic mass is 79.9. The maximum absolute atomic E-state index is 14.4. The molecule has 0 saturated carbocycles. The predicted molar refractivity (Wildman–Crippen MR) is 85.8 cm³/mol. The van der Waals surface area contributed by atoms with Gasteiger partial charge in [-0.25, -0.2) is 4.39 Å². The van der Waals surface area contributed by atoms with Gasteiger partial charge in [0.05, 0.1) is 17.2 Å². The average molecular weight is 367 g/mol. The molecule has 5 heteroatoms. The van der Waals surface area contributed by atoms with Crippen LogP contribution in [0.15, 0.2) is 16.6 Å². The van der Waals surface area contributed by atoms with Gasteiger partial charge in [0.1, 0.15) is 5.82 Å². The van der Waals surface area contributed by atoms with Gasteiger partial charge in [-0.2, -0.15) is 0 Å². The van der Waals surface area contributed by atoms with Crippen molar-refractivity contribution < 1.29 is 9.13 Å². The van der Waals surface area contributed by atoms with Crippen LogP contribution in [-0.2, 0) is 4.74 Å². The van der Waals surface area contributed by atoms with Gasteiger partial charge >= 0.3 is 0 Å².